The Morgan fingerprint density at radius 2 is 2.10 bits per heavy atom. The molecule has 0 unspecified atom stereocenters. The van der Waals surface area contributed by atoms with Gasteiger partial charge in [0, 0.05) is 19.1 Å². The summed E-state index contributed by atoms with van der Waals surface area (Å²) in [5.74, 6) is 0.471. The van der Waals surface area contributed by atoms with Crippen molar-refractivity contribution in [1.29, 1.82) is 0 Å². The van der Waals surface area contributed by atoms with E-state index in [9.17, 15) is 8.42 Å². The average molecular weight is 300 g/mol. The molecular formula is C13H24N4O2S. The molecule has 0 amide bonds. The topological polar surface area (TPSA) is 86.9 Å². The SMILES string of the molecule is Cc1[nH]nc(CNC2CC2)c1S(=O)(=O)NCCC(C)C. The van der Waals surface area contributed by atoms with Gasteiger partial charge in [-0.05, 0) is 32.1 Å². The molecule has 1 aliphatic carbocycles. The molecule has 1 aromatic rings. The zero-order chi connectivity index (χ0) is 14.8. The van der Waals surface area contributed by atoms with Crippen molar-refractivity contribution in [1.82, 2.24) is 20.2 Å². The summed E-state index contributed by atoms with van der Waals surface area (Å²) in [5, 5.41) is 10.2. The van der Waals surface area contributed by atoms with Crippen LogP contribution in [0.1, 0.15) is 44.5 Å². The highest BCUT2D eigenvalue weighted by molar-refractivity contribution is 7.89. The molecule has 114 valence electrons. The molecule has 1 aromatic heterocycles. The van der Waals surface area contributed by atoms with Crippen LogP contribution < -0.4 is 10.0 Å². The molecule has 7 heteroatoms. The first-order valence-corrected chi connectivity index (χ1v) is 8.65. The van der Waals surface area contributed by atoms with Crippen LogP contribution in [-0.2, 0) is 16.6 Å². The molecule has 1 saturated carbocycles. The Morgan fingerprint density at radius 3 is 2.70 bits per heavy atom. The highest BCUT2D eigenvalue weighted by atomic mass is 32.2. The van der Waals surface area contributed by atoms with E-state index in [1.807, 2.05) is 0 Å². The van der Waals surface area contributed by atoms with E-state index in [0.717, 1.165) is 19.3 Å². The molecule has 0 spiro atoms. The van der Waals surface area contributed by atoms with Crippen molar-refractivity contribution in [2.75, 3.05) is 6.54 Å². The molecule has 3 N–H and O–H groups in total. The lowest BCUT2D eigenvalue weighted by Gasteiger charge is -2.09. The fraction of sp³-hybridized carbons (Fsp3) is 0.769. The minimum atomic E-state index is -3.49. The van der Waals surface area contributed by atoms with Crippen molar-refractivity contribution in [3.63, 3.8) is 0 Å². The number of aromatic amines is 1. The van der Waals surface area contributed by atoms with E-state index < -0.39 is 10.0 Å². The van der Waals surface area contributed by atoms with Crippen LogP contribution >= 0.6 is 0 Å². The highest BCUT2D eigenvalue weighted by Gasteiger charge is 2.26. The molecular weight excluding hydrogens is 276 g/mol. The predicted octanol–water partition coefficient (Wildman–Crippen LogP) is 1.29. The van der Waals surface area contributed by atoms with Gasteiger partial charge in [-0.25, -0.2) is 13.1 Å². The van der Waals surface area contributed by atoms with Crippen molar-refractivity contribution in [2.45, 2.75) is 57.5 Å². The normalized spacial score (nSPS) is 16.0. The predicted molar refractivity (Wildman–Crippen MR) is 77.8 cm³/mol. The number of aromatic nitrogens is 2. The number of nitrogens with zero attached hydrogens (tertiary/aromatic N) is 1. The van der Waals surface area contributed by atoms with Gasteiger partial charge in [-0.2, -0.15) is 5.10 Å². The first-order valence-electron chi connectivity index (χ1n) is 7.17. The standard InChI is InChI=1S/C13H24N4O2S/c1-9(2)6-7-15-20(18,19)13-10(3)16-17-12(13)8-14-11-4-5-11/h9,11,14-15H,4-8H2,1-3H3,(H,16,17). The second kappa shape index (κ2) is 6.24. The fourth-order valence-electron chi connectivity index (χ4n) is 2.03. The Labute approximate surface area is 120 Å². The first kappa shape index (κ1) is 15.5. The molecule has 0 aliphatic heterocycles. The molecule has 20 heavy (non-hydrogen) atoms. The van der Waals surface area contributed by atoms with Crippen molar-refractivity contribution in [2.24, 2.45) is 5.92 Å². The summed E-state index contributed by atoms with van der Waals surface area (Å²) in [6.45, 7) is 6.84. The molecule has 0 radical (unpaired) electrons. The monoisotopic (exact) mass is 300 g/mol. The van der Waals surface area contributed by atoms with Crippen LogP contribution in [0.15, 0.2) is 4.90 Å². The first-order chi connectivity index (χ1) is 9.40. The van der Waals surface area contributed by atoms with Gasteiger partial charge in [-0.3, -0.25) is 5.10 Å². The third-order valence-electron chi connectivity index (χ3n) is 3.38. The van der Waals surface area contributed by atoms with E-state index in [1.165, 1.54) is 0 Å². The number of H-pyrrole nitrogens is 1. The Kier molecular flexibility index (Phi) is 4.82. The van der Waals surface area contributed by atoms with Crippen molar-refractivity contribution < 1.29 is 8.42 Å². The van der Waals surface area contributed by atoms with Crippen molar-refractivity contribution in [3.8, 4) is 0 Å². The van der Waals surface area contributed by atoms with Gasteiger partial charge in [0.05, 0.1) is 11.4 Å². The number of rotatable bonds is 8. The summed E-state index contributed by atoms with van der Waals surface area (Å²) in [5.41, 5.74) is 1.17. The number of hydrogen-bond acceptors (Lipinski definition) is 4. The second-order valence-corrected chi connectivity index (χ2v) is 7.56. The quantitative estimate of drug-likeness (QED) is 0.675. The minimum absolute atomic E-state index is 0.300. The van der Waals surface area contributed by atoms with Crippen LogP contribution in [0.5, 0.6) is 0 Å². The summed E-state index contributed by atoms with van der Waals surface area (Å²) >= 11 is 0. The number of sulfonamides is 1. The summed E-state index contributed by atoms with van der Waals surface area (Å²) in [6.07, 6.45) is 3.15. The summed E-state index contributed by atoms with van der Waals surface area (Å²) < 4.78 is 27.4. The lowest BCUT2D eigenvalue weighted by molar-refractivity contribution is 0.549. The Hall–Kier alpha value is -0.920. The zero-order valence-electron chi connectivity index (χ0n) is 12.4. The molecule has 1 aliphatic rings. The molecule has 0 aromatic carbocycles. The molecule has 1 fully saturated rings. The van der Waals surface area contributed by atoms with Gasteiger partial charge in [0.1, 0.15) is 4.90 Å². The maximum absolute atomic E-state index is 12.4. The number of hydrogen-bond donors (Lipinski definition) is 3. The van der Waals surface area contributed by atoms with E-state index in [0.29, 0.717) is 41.3 Å². The molecule has 6 nitrogen and oxygen atoms in total. The van der Waals surface area contributed by atoms with Crippen molar-refractivity contribution >= 4 is 10.0 Å². The lowest BCUT2D eigenvalue weighted by atomic mass is 10.1. The maximum atomic E-state index is 12.4. The molecule has 0 saturated heterocycles. The zero-order valence-corrected chi connectivity index (χ0v) is 13.2. The number of aryl methyl sites for hydroxylation is 1. The number of nitrogens with one attached hydrogen (secondary N) is 3. The van der Waals surface area contributed by atoms with Gasteiger partial charge >= 0.3 is 0 Å². The van der Waals surface area contributed by atoms with E-state index >= 15 is 0 Å². The van der Waals surface area contributed by atoms with Crippen molar-refractivity contribution in [3.05, 3.63) is 11.4 Å². The summed E-state index contributed by atoms with van der Waals surface area (Å²) in [7, 11) is -3.49. The Bertz CT molecular complexity index is 547. The highest BCUT2D eigenvalue weighted by Crippen LogP contribution is 2.22. The van der Waals surface area contributed by atoms with Crippen LogP contribution in [0, 0.1) is 12.8 Å². The smallest absolute Gasteiger partial charge is 0.244 e. The van der Waals surface area contributed by atoms with Gasteiger partial charge in [0.2, 0.25) is 10.0 Å². The lowest BCUT2D eigenvalue weighted by Crippen LogP contribution is -2.27. The van der Waals surface area contributed by atoms with E-state index in [4.69, 9.17) is 0 Å². The average Bonchev–Trinajstić information content (AvgIpc) is 3.09. The van der Waals surface area contributed by atoms with Gasteiger partial charge < -0.3 is 5.32 Å². The third-order valence-corrected chi connectivity index (χ3v) is 5.04. The van der Waals surface area contributed by atoms with Crippen LogP contribution in [0.4, 0.5) is 0 Å². The van der Waals surface area contributed by atoms with Gasteiger partial charge in [0.25, 0.3) is 0 Å². The summed E-state index contributed by atoms with van der Waals surface area (Å²) in [4.78, 5) is 0.300. The second-order valence-electron chi connectivity index (χ2n) is 5.86. The maximum Gasteiger partial charge on any atom is 0.244 e. The molecule has 1 heterocycles. The van der Waals surface area contributed by atoms with Gasteiger partial charge in [-0.15, -0.1) is 0 Å². The van der Waals surface area contributed by atoms with E-state index in [2.05, 4.69) is 34.1 Å². The minimum Gasteiger partial charge on any atom is -0.308 e. The van der Waals surface area contributed by atoms with Crippen LogP contribution in [0.25, 0.3) is 0 Å². The van der Waals surface area contributed by atoms with Gasteiger partial charge in [-0.1, -0.05) is 13.8 Å². The van der Waals surface area contributed by atoms with E-state index in [1.54, 1.807) is 6.92 Å². The Balaban J connectivity index is 2.06. The van der Waals surface area contributed by atoms with Crippen LogP contribution in [0.2, 0.25) is 0 Å². The van der Waals surface area contributed by atoms with E-state index in [-0.39, 0.29) is 0 Å². The van der Waals surface area contributed by atoms with Crippen LogP contribution in [0.3, 0.4) is 0 Å². The van der Waals surface area contributed by atoms with Gasteiger partial charge in [0.15, 0.2) is 0 Å². The van der Waals surface area contributed by atoms with Crippen LogP contribution in [-0.4, -0.2) is 31.2 Å². The largest absolute Gasteiger partial charge is 0.308 e. The third kappa shape index (κ3) is 4.04. The summed E-state index contributed by atoms with van der Waals surface area (Å²) in [6, 6.07) is 0.525. The molecule has 2 rings (SSSR count). The fourth-order valence-corrected chi connectivity index (χ4v) is 3.44. The Morgan fingerprint density at radius 1 is 1.40 bits per heavy atom. The molecule has 0 atom stereocenters. The molecule has 0 bridgehead atoms.